The molecule has 0 unspecified atom stereocenters. The van der Waals surface area contributed by atoms with Crippen LogP contribution in [0.25, 0.3) is 0 Å². The Bertz CT molecular complexity index is 839. The Kier molecular flexibility index (Phi) is 68.2. The fourth-order valence-corrected chi connectivity index (χ4v) is 5.21. The second-order valence-corrected chi connectivity index (χ2v) is 14.7. The third-order valence-electron chi connectivity index (χ3n) is 8.82. The summed E-state index contributed by atoms with van der Waals surface area (Å²) in [6.45, 7) is 21.7. The van der Waals surface area contributed by atoms with E-state index in [1.807, 2.05) is 0 Å². The Balaban J connectivity index is 3.07. The standard InChI is InChI=1S/C48H98O23/c49-5-11-54-15-19-58-23-27-62-31-35-66-39-43-70-47-45-68-41-37-64-33-29-60-25-21-56-17-13-52-9-3-1-7-51-8-2-4-10-53-14-18-57-22-26-61-30-34-65-38-42-69-46-48-71-44-40-67-36-32-63-28-24-59-20-16-55-12-6-50/h49-50H,1-48H2. The van der Waals surface area contributed by atoms with E-state index in [0.29, 0.717) is 264 Å². The molecule has 23 heteroatoms. The molecule has 0 aromatic rings. The molecule has 0 radical (unpaired) electrons. The first kappa shape index (κ1) is 70.1. The quantitative estimate of drug-likeness (QED) is 0.0805. The molecule has 0 saturated heterocycles. The molecule has 0 aliphatic rings. The molecule has 0 fully saturated rings. The molecule has 0 amide bonds. The third-order valence-corrected chi connectivity index (χ3v) is 8.82. The summed E-state index contributed by atoms with van der Waals surface area (Å²) in [6.07, 6.45) is 3.84. The fourth-order valence-electron chi connectivity index (χ4n) is 5.21. The molecule has 23 nitrogen and oxygen atoms in total. The summed E-state index contributed by atoms with van der Waals surface area (Å²) in [5.74, 6) is 0. The minimum absolute atomic E-state index is 0.0205. The largest absolute Gasteiger partial charge is 0.394 e. The maximum atomic E-state index is 8.61. The molecule has 2 N–H and O–H groups in total. The smallest absolute Gasteiger partial charge is 0.0701 e. The highest BCUT2D eigenvalue weighted by molar-refractivity contribution is 4.44. The van der Waals surface area contributed by atoms with E-state index in [-0.39, 0.29) is 13.2 Å². The number of ether oxygens (including phenoxy) is 21. The Morgan fingerprint density at radius 1 is 0.113 bits per heavy atom. The van der Waals surface area contributed by atoms with E-state index in [9.17, 15) is 0 Å². The Morgan fingerprint density at radius 3 is 0.310 bits per heavy atom. The van der Waals surface area contributed by atoms with E-state index in [1.54, 1.807) is 0 Å². The van der Waals surface area contributed by atoms with Gasteiger partial charge in [0.25, 0.3) is 0 Å². The van der Waals surface area contributed by atoms with Gasteiger partial charge in [-0.2, -0.15) is 0 Å². The third kappa shape index (κ3) is 69.1. The van der Waals surface area contributed by atoms with Crippen molar-refractivity contribution in [2.75, 3.05) is 291 Å². The molecule has 0 heterocycles. The van der Waals surface area contributed by atoms with Gasteiger partial charge in [0.1, 0.15) is 0 Å². The zero-order valence-corrected chi connectivity index (χ0v) is 43.4. The zero-order valence-electron chi connectivity index (χ0n) is 43.4. The topological polar surface area (TPSA) is 234 Å². The van der Waals surface area contributed by atoms with Crippen LogP contribution in [0, 0.1) is 0 Å². The molecule has 0 aliphatic carbocycles. The maximum absolute atomic E-state index is 8.61. The lowest BCUT2D eigenvalue weighted by Crippen LogP contribution is -2.15. The summed E-state index contributed by atoms with van der Waals surface area (Å²) in [5.41, 5.74) is 0. The van der Waals surface area contributed by atoms with Crippen LogP contribution in [0.3, 0.4) is 0 Å². The van der Waals surface area contributed by atoms with Gasteiger partial charge < -0.3 is 110 Å². The predicted molar refractivity (Wildman–Crippen MR) is 260 cm³/mol. The number of hydrogen-bond acceptors (Lipinski definition) is 23. The molecule has 0 aliphatic heterocycles. The highest BCUT2D eigenvalue weighted by Gasteiger charge is 2.00. The summed E-state index contributed by atoms with van der Waals surface area (Å²) in [6, 6.07) is 0. The van der Waals surface area contributed by atoms with Gasteiger partial charge in [-0.1, -0.05) is 0 Å². The van der Waals surface area contributed by atoms with Gasteiger partial charge in [-0.15, -0.1) is 0 Å². The lowest BCUT2D eigenvalue weighted by Gasteiger charge is -2.09. The lowest BCUT2D eigenvalue weighted by molar-refractivity contribution is -0.0269. The molecular weight excluding hydrogens is 945 g/mol. The number of hydrogen-bond donors (Lipinski definition) is 2. The van der Waals surface area contributed by atoms with Gasteiger partial charge in [-0.05, 0) is 25.7 Å². The Morgan fingerprint density at radius 2 is 0.197 bits per heavy atom. The molecule has 71 heavy (non-hydrogen) atoms. The van der Waals surface area contributed by atoms with Crippen LogP contribution in [0.2, 0.25) is 0 Å². The fraction of sp³-hybridized carbons (Fsp3) is 1.00. The highest BCUT2D eigenvalue weighted by atomic mass is 16.6. The minimum Gasteiger partial charge on any atom is -0.394 e. The van der Waals surface area contributed by atoms with Crippen LogP contribution >= 0.6 is 0 Å². The average molecular weight is 1040 g/mol. The average Bonchev–Trinajstić information content (AvgIpc) is 3.38. The van der Waals surface area contributed by atoms with Gasteiger partial charge in [0, 0.05) is 26.4 Å². The number of aliphatic hydroxyl groups excluding tert-OH is 2. The van der Waals surface area contributed by atoms with Gasteiger partial charge in [0.15, 0.2) is 0 Å². The summed E-state index contributed by atoms with van der Waals surface area (Å²) < 4.78 is 115. The van der Waals surface area contributed by atoms with Crippen molar-refractivity contribution in [2.24, 2.45) is 0 Å². The lowest BCUT2D eigenvalue weighted by atomic mass is 10.3. The van der Waals surface area contributed by atoms with Crippen molar-refractivity contribution in [3.63, 3.8) is 0 Å². The van der Waals surface area contributed by atoms with Gasteiger partial charge in [-0.25, -0.2) is 0 Å². The normalized spacial score (nSPS) is 11.7. The van der Waals surface area contributed by atoms with Crippen LogP contribution in [0.1, 0.15) is 25.7 Å². The number of unbranched alkanes of at least 4 members (excludes halogenated alkanes) is 2. The predicted octanol–water partition coefficient (Wildman–Crippen LogP) is 0.880. The monoisotopic (exact) mass is 1040 g/mol. The zero-order chi connectivity index (χ0) is 50.8. The van der Waals surface area contributed by atoms with Crippen LogP contribution in [0.15, 0.2) is 0 Å². The van der Waals surface area contributed by atoms with Crippen LogP contribution in [-0.2, 0) is 99.5 Å². The molecular formula is C48H98O23. The van der Waals surface area contributed by atoms with E-state index in [2.05, 4.69) is 0 Å². The number of aliphatic hydroxyl groups is 2. The molecule has 0 bridgehead atoms. The summed E-state index contributed by atoms with van der Waals surface area (Å²) >= 11 is 0. The van der Waals surface area contributed by atoms with Crippen molar-refractivity contribution in [2.45, 2.75) is 25.7 Å². The van der Waals surface area contributed by atoms with Gasteiger partial charge in [-0.3, -0.25) is 0 Å². The first-order valence-corrected chi connectivity index (χ1v) is 25.8. The van der Waals surface area contributed by atoms with Crippen molar-refractivity contribution < 1.29 is 110 Å². The van der Waals surface area contributed by atoms with Crippen LogP contribution in [0.4, 0.5) is 0 Å². The highest BCUT2D eigenvalue weighted by Crippen LogP contribution is 1.97. The second kappa shape index (κ2) is 69.1. The summed E-state index contributed by atoms with van der Waals surface area (Å²) in [4.78, 5) is 0. The van der Waals surface area contributed by atoms with Crippen molar-refractivity contribution in [1.82, 2.24) is 0 Å². The van der Waals surface area contributed by atoms with Gasteiger partial charge in [0.2, 0.25) is 0 Å². The van der Waals surface area contributed by atoms with E-state index < -0.39 is 0 Å². The minimum atomic E-state index is 0.0205. The second-order valence-electron chi connectivity index (χ2n) is 14.7. The Hall–Kier alpha value is -0.920. The van der Waals surface area contributed by atoms with Gasteiger partial charge >= 0.3 is 0 Å². The molecule has 0 saturated carbocycles. The molecule has 0 spiro atoms. The molecule has 0 aromatic carbocycles. The summed E-state index contributed by atoms with van der Waals surface area (Å²) in [5, 5.41) is 17.2. The first-order valence-electron chi connectivity index (χ1n) is 25.8. The van der Waals surface area contributed by atoms with Crippen LogP contribution < -0.4 is 0 Å². The van der Waals surface area contributed by atoms with E-state index in [4.69, 9.17) is 110 Å². The van der Waals surface area contributed by atoms with Gasteiger partial charge in [0.05, 0.1) is 264 Å². The molecule has 428 valence electrons. The van der Waals surface area contributed by atoms with Crippen molar-refractivity contribution in [1.29, 1.82) is 0 Å². The Labute approximate surface area is 425 Å². The van der Waals surface area contributed by atoms with Crippen molar-refractivity contribution in [3.8, 4) is 0 Å². The molecule has 0 rings (SSSR count). The molecule has 0 aromatic heterocycles. The maximum Gasteiger partial charge on any atom is 0.0701 e. The SMILES string of the molecule is OCCOCCOCCOCCOCCOCCOCCOCCOCCOCCOCCCCOCCCCOCCOCCOCCOCCOCCOCCOCCOCCOCCOCCO. The van der Waals surface area contributed by atoms with Crippen molar-refractivity contribution in [3.05, 3.63) is 0 Å². The van der Waals surface area contributed by atoms with Crippen LogP contribution in [0.5, 0.6) is 0 Å². The van der Waals surface area contributed by atoms with E-state index in [1.165, 1.54) is 0 Å². The van der Waals surface area contributed by atoms with Crippen LogP contribution in [-0.4, -0.2) is 301 Å². The number of rotatable bonds is 68. The van der Waals surface area contributed by atoms with E-state index >= 15 is 0 Å². The summed E-state index contributed by atoms with van der Waals surface area (Å²) in [7, 11) is 0. The van der Waals surface area contributed by atoms with E-state index in [0.717, 1.165) is 38.9 Å². The molecule has 0 atom stereocenters. The first-order chi connectivity index (χ1) is 35.4. The van der Waals surface area contributed by atoms with Crippen molar-refractivity contribution >= 4 is 0 Å².